The van der Waals surface area contributed by atoms with E-state index in [4.69, 9.17) is 14.2 Å². The largest absolute Gasteiger partial charge is 0.494 e. The van der Waals surface area contributed by atoms with Crippen molar-refractivity contribution < 1.29 is 28.7 Å². The van der Waals surface area contributed by atoms with Gasteiger partial charge < -0.3 is 14.2 Å². The summed E-state index contributed by atoms with van der Waals surface area (Å²) in [5.74, 6) is 0.0647. The SMILES string of the molecule is CCCCCCCCCOc1ccc(C(=O)Oc2ccc(OC(=O)c3ccc([N+](=O)[O-])cc3)cc2)cc1. The second kappa shape index (κ2) is 14.4. The molecule has 0 aliphatic heterocycles. The van der Waals surface area contributed by atoms with Crippen LogP contribution in [0, 0.1) is 10.1 Å². The number of hydrogen-bond donors (Lipinski definition) is 0. The normalized spacial score (nSPS) is 10.5. The van der Waals surface area contributed by atoms with Crippen LogP contribution in [0.15, 0.2) is 72.8 Å². The first-order chi connectivity index (χ1) is 18.0. The van der Waals surface area contributed by atoms with Crippen LogP contribution < -0.4 is 14.2 Å². The molecule has 0 bridgehead atoms. The Bertz CT molecular complexity index is 1160. The summed E-state index contributed by atoms with van der Waals surface area (Å²) in [7, 11) is 0. The fourth-order valence-corrected chi connectivity index (χ4v) is 3.56. The van der Waals surface area contributed by atoms with Crippen molar-refractivity contribution in [2.24, 2.45) is 0 Å². The molecule has 194 valence electrons. The molecule has 0 saturated heterocycles. The fraction of sp³-hybridized carbons (Fsp3) is 0.310. The number of rotatable bonds is 14. The summed E-state index contributed by atoms with van der Waals surface area (Å²) in [5.41, 5.74) is 0.446. The van der Waals surface area contributed by atoms with Gasteiger partial charge in [0.15, 0.2) is 0 Å². The molecule has 0 N–H and O–H groups in total. The molecule has 3 aromatic rings. The third-order valence-corrected chi connectivity index (χ3v) is 5.67. The number of benzene rings is 3. The molecular formula is C29H31NO7. The molecule has 0 heterocycles. The zero-order valence-corrected chi connectivity index (χ0v) is 20.9. The Labute approximate surface area is 216 Å². The summed E-state index contributed by atoms with van der Waals surface area (Å²) in [6.07, 6.45) is 8.54. The number of carbonyl (C=O) groups is 2. The van der Waals surface area contributed by atoms with Gasteiger partial charge in [-0.25, -0.2) is 9.59 Å². The molecule has 0 atom stereocenters. The second-order valence-corrected chi connectivity index (χ2v) is 8.55. The lowest BCUT2D eigenvalue weighted by atomic mass is 10.1. The molecule has 3 aromatic carbocycles. The average molecular weight is 506 g/mol. The van der Waals surface area contributed by atoms with Crippen molar-refractivity contribution >= 4 is 17.6 Å². The molecule has 0 spiro atoms. The minimum atomic E-state index is -0.658. The topological polar surface area (TPSA) is 105 Å². The van der Waals surface area contributed by atoms with Crippen LogP contribution in [0.4, 0.5) is 5.69 Å². The van der Waals surface area contributed by atoms with Gasteiger partial charge in [-0.15, -0.1) is 0 Å². The minimum Gasteiger partial charge on any atom is -0.494 e. The number of hydrogen-bond acceptors (Lipinski definition) is 7. The molecule has 0 fully saturated rings. The zero-order chi connectivity index (χ0) is 26.5. The predicted molar refractivity (Wildman–Crippen MR) is 139 cm³/mol. The molecule has 37 heavy (non-hydrogen) atoms. The number of nitro groups is 1. The van der Waals surface area contributed by atoms with Crippen LogP contribution in [0.1, 0.15) is 72.6 Å². The van der Waals surface area contributed by atoms with Gasteiger partial charge in [-0.2, -0.15) is 0 Å². The van der Waals surface area contributed by atoms with E-state index in [-0.39, 0.29) is 17.0 Å². The fourth-order valence-electron chi connectivity index (χ4n) is 3.56. The molecule has 0 radical (unpaired) electrons. The first-order valence-corrected chi connectivity index (χ1v) is 12.5. The highest BCUT2D eigenvalue weighted by molar-refractivity contribution is 5.92. The summed E-state index contributed by atoms with van der Waals surface area (Å²) in [4.78, 5) is 34.9. The Hall–Kier alpha value is -4.20. The molecule has 0 unspecified atom stereocenters. The van der Waals surface area contributed by atoms with Gasteiger partial charge in [0.1, 0.15) is 17.2 Å². The van der Waals surface area contributed by atoms with E-state index < -0.39 is 16.9 Å². The van der Waals surface area contributed by atoms with Crippen molar-refractivity contribution in [3.05, 3.63) is 94.0 Å². The molecule has 8 heteroatoms. The Morgan fingerprint density at radius 1 is 0.649 bits per heavy atom. The van der Waals surface area contributed by atoms with E-state index in [0.29, 0.717) is 23.7 Å². The lowest BCUT2D eigenvalue weighted by molar-refractivity contribution is -0.384. The van der Waals surface area contributed by atoms with Crippen LogP contribution in [-0.2, 0) is 0 Å². The van der Waals surface area contributed by atoms with Gasteiger partial charge in [0.25, 0.3) is 5.69 Å². The van der Waals surface area contributed by atoms with Gasteiger partial charge in [0, 0.05) is 12.1 Å². The summed E-state index contributed by atoms with van der Waals surface area (Å²) < 4.78 is 16.4. The number of non-ortho nitro benzene ring substituents is 1. The molecule has 0 saturated carbocycles. The monoisotopic (exact) mass is 505 g/mol. The van der Waals surface area contributed by atoms with Gasteiger partial charge in [-0.3, -0.25) is 10.1 Å². The quantitative estimate of drug-likeness (QED) is 0.0752. The van der Waals surface area contributed by atoms with Crippen LogP contribution >= 0.6 is 0 Å². The van der Waals surface area contributed by atoms with Crippen molar-refractivity contribution in [3.8, 4) is 17.2 Å². The van der Waals surface area contributed by atoms with Crippen LogP contribution in [0.25, 0.3) is 0 Å². The molecular weight excluding hydrogens is 474 g/mol. The van der Waals surface area contributed by atoms with Crippen molar-refractivity contribution in [2.45, 2.75) is 51.9 Å². The summed E-state index contributed by atoms with van der Waals surface area (Å²) in [6.45, 7) is 2.87. The van der Waals surface area contributed by atoms with Crippen molar-refractivity contribution in [1.82, 2.24) is 0 Å². The first kappa shape index (κ1) is 27.4. The Morgan fingerprint density at radius 3 is 1.57 bits per heavy atom. The Kier molecular flexibility index (Phi) is 10.6. The van der Waals surface area contributed by atoms with Gasteiger partial charge in [-0.05, 0) is 67.1 Å². The Balaban J connectivity index is 1.42. The van der Waals surface area contributed by atoms with E-state index in [0.717, 1.165) is 12.8 Å². The Morgan fingerprint density at radius 2 is 1.08 bits per heavy atom. The third kappa shape index (κ3) is 9.07. The van der Waals surface area contributed by atoms with E-state index in [1.165, 1.54) is 80.6 Å². The van der Waals surface area contributed by atoms with E-state index >= 15 is 0 Å². The van der Waals surface area contributed by atoms with Crippen LogP contribution in [0.2, 0.25) is 0 Å². The van der Waals surface area contributed by atoms with E-state index in [9.17, 15) is 19.7 Å². The maximum Gasteiger partial charge on any atom is 0.343 e. The highest BCUT2D eigenvalue weighted by Crippen LogP contribution is 2.21. The van der Waals surface area contributed by atoms with Crippen LogP contribution in [0.5, 0.6) is 17.2 Å². The first-order valence-electron chi connectivity index (χ1n) is 12.5. The summed E-state index contributed by atoms with van der Waals surface area (Å²) in [5, 5.41) is 10.7. The van der Waals surface area contributed by atoms with Gasteiger partial charge in [0.05, 0.1) is 22.7 Å². The van der Waals surface area contributed by atoms with Crippen molar-refractivity contribution in [1.29, 1.82) is 0 Å². The van der Waals surface area contributed by atoms with Crippen LogP contribution in [0.3, 0.4) is 0 Å². The van der Waals surface area contributed by atoms with Gasteiger partial charge in [0.2, 0.25) is 0 Å². The van der Waals surface area contributed by atoms with Gasteiger partial charge in [-0.1, -0.05) is 45.4 Å². The molecule has 0 aromatic heterocycles. The molecule has 8 nitrogen and oxygen atoms in total. The average Bonchev–Trinajstić information content (AvgIpc) is 2.91. The number of nitrogens with zero attached hydrogens (tertiary/aromatic N) is 1. The zero-order valence-electron chi connectivity index (χ0n) is 20.9. The lowest BCUT2D eigenvalue weighted by Gasteiger charge is -2.08. The molecule has 0 amide bonds. The van der Waals surface area contributed by atoms with Crippen LogP contribution in [-0.4, -0.2) is 23.5 Å². The standard InChI is InChI=1S/C29H31NO7/c1-2-3-4-5-6-7-8-21-35-25-15-11-23(12-16-25)29(32)37-27-19-17-26(18-20-27)36-28(31)22-9-13-24(14-10-22)30(33)34/h9-20H,2-8,21H2,1H3. The minimum absolute atomic E-state index is 0.117. The van der Waals surface area contributed by atoms with E-state index in [1.807, 2.05) is 0 Å². The number of carbonyl (C=O) groups excluding carboxylic acids is 2. The van der Waals surface area contributed by atoms with E-state index in [1.54, 1.807) is 24.3 Å². The molecule has 0 aliphatic carbocycles. The highest BCUT2D eigenvalue weighted by atomic mass is 16.6. The smallest absolute Gasteiger partial charge is 0.343 e. The predicted octanol–water partition coefficient (Wildman–Crippen LogP) is 7.16. The number of ether oxygens (including phenoxy) is 3. The second-order valence-electron chi connectivity index (χ2n) is 8.55. The number of unbranched alkanes of at least 4 members (excludes halogenated alkanes) is 6. The van der Waals surface area contributed by atoms with Crippen molar-refractivity contribution in [2.75, 3.05) is 6.61 Å². The maximum absolute atomic E-state index is 12.5. The number of nitro benzene ring substituents is 1. The molecule has 3 rings (SSSR count). The van der Waals surface area contributed by atoms with Gasteiger partial charge >= 0.3 is 11.9 Å². The maximum atomic E-state index is 12.5. The third-order valence-electron chi connectivity index (χ3n) is 5.67. The summed E-state index contributed by atoms with van der Waals surface area (Å²) in [6, 6.07) is 17.9. The molecule has 0 aliphatic rings. The number of esters is 2. The highest BCUT2D eigenvalue weighted by Gasteiger charge is 2.13. The van der Waals surface area contributed by atoms with Crippen molar-refractivity contribution in [3.63, 3.8) is 0 Å². The lowest BCUT2D eigenvalue weighted by Crippen LogP contribution is -2.09. The summed E-state index contributed by atoms with van der Waals surface area (Å²) >= 11 is 0. The van der Waals surface area contributed by atoms with E-state index in [2.05, 4.69) is 6.92 Å².